The minimum atomic E-state index is -0.393. The molecule has 1 heterocycles. The van der Waals surface area contributed by atoms with E-state index in [2.05, 4.69) is 28.7 Å². The van der Waals surface area contributed by atoms with Crippen LogP contribution in [-0.4, -0.2) is 28.0 Å². The van der Waals surface area contributed by atoms with Crippen molar-refractivity contribution in [3.63, 3.8) is 0 Å². The minimum Gasteiger partial charge on any atom is -0.342 e. The molecule has 19 heavy (non-hydrogen) atoms. The molecule has 0 aliphatic heterocycles. The predicted octanol–water partition coefficient (Wildman–Crippen LogP) is 3.10. The molecular weight excluding hydrogens is 244 g/mol. The van der Waals surface area contributed by atoms with Gasteiger partial charge in [-0.15, -0.1) is 0 Å². The molecule has 0 aliphatic carbocycles. The van der Waals surface area contributed by atoms with Crippen molar-refractivity contribution >= 4 is 22.7 Å². The number of benzene rings is 1. The summed E-state index contributed by atoms with van der Waals surface area (Å²) in [5.41, 5.74) is 1.56. The zero-order valence-corrected chi connectivity index (χ0v) is 11.2. The highest BCUT2D eigenvalue weighted by molar-refractivity contribution is 5.80. The van der Waals surface area contributed by atoms with Crippen molar-refractivity contribution in [2.45, 2.75) is 26.7 Å². The summed E-state index contributed by atoms with van der Waals surface area (Å²) in [4.78, 5) is 20.2. The quantitative estimate of drug-likeness (QED) is 0.641. The van der Waals surface area contributed by atoms with Crippen molar-refractivity contribution in [1.82, 2.24) is 9.97 Å². The largest absolute Gasteiger partial charge is 0.342 e. The van der Waals surface area contributed by atoms with E-state index in [1.54, 1.807) is 6.07 Å². The lowest BCUT2D eigenvalue weighted by molar-refractivity contribution is -0.384. The molecule has 2 rings (SSSR count). The molecule has 6 heteroatoms. The Morgan fingerprint density at radius 3 is 2.58 bits per heavy atom. The lowest BCUT2D eigenvalue weighted by atomic mass is 10.3. The van der Waals surface area contributed by atoms with Crippen LogP contribution in [0, 0.1) is 10.1 Å². The first-order valence-electron chi connectivity index (χ1n) is 6.54. The van der Waals surface area contributed by atoms with E-state index >= 15 is 0 Å². The van der Waals surface area contributed by atoms with Crippen LogP contribution in [0.4, 0.5) is 11.6 Å². The van der Waals surface area contributed by atoms with Crippen molar-refractivity contribution in [1.29, 1.82) is 0 Å². The molecule has 0 fully saturated rings. The number of nitro groups is 1. The molecule has 1 aromatic heterocycles. The summed E-state index contributed by atoms with van der Waals surface area (Å²) in [6.45, 7) is 6.10. The van der Waals surface area contributed by atoms with Crippen LogP contribution in [0.15, 0.2) is 18.2 Å². The average Bonchev–Trinajstić information content (AvgIpc) is 2.80. The third kappa shape index (κ3) is 2.83. The number of non-ortho nitro benzene ring substituents is 1. The molecule has 0 atom stereocenters. The number of H-pyrrole nitrogens is 1. The Morgan fingerprint density at radius 2 is 2.00 bits per heavy atom. The van der Waals surface area contributed by atoms with Crippen LogP contribution < -0.4 is 4.90 Å². The van der Waals surface area contributed by atoms with Gasteiger partial charge in [0.2, 0.25) is 5.95 Å². The molecule has 0 saturated heterocycles. The van der Waals surface area contributed by atoms with Gasteiger partial charge in [0.05, 0.1) is 16.0 Å². The van der Waals surface area contributed by atoms with Crippen molar-refractivity contribution in [3.05, 3.63) is 28.3 Å². The second-order valence-electron chi connectivity index (χ2n) is 4.51. The van der Waals surface area contributed by atoms with Crippen LogP contribution in [0.1, 0.15) is 26.7 Å². The van der Waals surface area contributed by atoms with E-state index in [0.717, 1.165) is 37.4 Å². The van der Waals surface area contributed by atoms with Gasteiger partial charge in [0.25, 0.3) is 5.69 Å². The predicted molar refractivity (Wildman–Crippen MR) is 75.5 cm³/mol. The van der Waals surface area contributed by atoms with Crippen LogP contribution >= 0.6 is 0 Å². The number of rotatable bonds is 6. The Balaban J connectivity index is 2.36. The number of fused-ring (bicyclic) bond motifs is 1. The summed E-state index contributed by atoms with van der Waals surface area (Å²) in [7, 11) is 0. The lowest BCUT2D eigenvalue weighted by Gasteiger charge is -2.19. The topological polar surface area (TPSA) is 75.1 Å². The number of aromatic nitrogens is 2. The van der Waals surface area contributed by atoms with Gasteiger partial charge >= 0.3 is 0 Å². The summed E-state index contributed by atoms with van der Waals surface area (Å²) in [6, 6.07) is 4.70. The standard InChI is InChI=1S/C13H18N4O2/c1-3-7-16(8-4-2)13-14-11-6-5-10(17(18)19)9-12(11)15-13/h5-6,9H,3-4,7-8H2,1-2H3,(H,14,15). The van der Waals surface area contributed by atoms with E-state index in [-0.39, 0.29) is 5.69 Å². The lowest BCUT2D eigenvalue weighted by Crippen LogP contribution is -2.25. The SMILES string of the molecule is CCCN(CCC)c1nc2ccc([N+](=O)[O-])cc2[nH]1. The number of anilines is 1. The number of nitrogens with zero attached hydrogens (tertiary/aromatic N) is 3. The highest BCUT2D eigenvalue weighted by atomic mass is 16.6. The first-order valence-corrected chi connectivity index (χ1v) is 6.54. The normalized spacial score (nSPS) is 10.8. The molecule has 6 nitrogen and oxygen atoms in total. The molecule has 2 aromatic rings. The van der Waals surface area contributed by atoms with Gasteiger partial charge in [0.15, 0.2) is 0 Å². The fourth-order valence-corrected chi connectivity index (χ4v) is 2.11. The van der Waals surface area contributed by atoms with Gasteiger partial charge in [0, 0.05) is 25.2 Å². The summed E-state index contributed by atoms with van der Waals surface area (Å²) in [5, 5.41) is 10.8. The molecule has 0 radical (unpaired) electrons. The van der Waals surface area contributed by atoms with Gasteiger partial charge in [-0.3, -0.25) is 10.1 Å². The van der Waals surface area contributed by atoms with E-state index in [4.69, 9.17) is 0 Å². The number of hydrogen-bond donors (Lipinski definition) is 1. The average molecular weight is 262 g/mol. The van der Waals surface area contributed by atoms with Crippen LogP contribution in [0.2, 0.25) is 0 Å². The Bertz CT molecular complexity index is 573. The zero-order chi connectivity index (χ0) is 13.8. The Kier molecular flexibility index (Phi) is 3.99. The molecule has 0 amide bonds. The Hall–Kier alpha value is -2.11. The first-order chi connectivity index (χ1) is 9.15. The molecule has 102 valence electrons. The molecule has 1 N–H and O–H groups in total. The van der Waals surface area contributed by atoms with Crippen molar-refractivity contribution < 1.29 is 4.92 Å². The summed E-state index contributed by atoms with van der Waals surface area (Å²) in [5.74, 6) is 0.791. The van der Waals surface area contributed by atoms with Crippen LogP contribution in [-0.2, 0) is 0 Å². The summed E-state index contributed by atoms with van der Waals surface area (Å²) in [6.07, 6.45) is 2.08. The number of nitro benzene ring substituents is 1. The smallest absolute Gasteiger partial charge is 0.271 e. The van der Waals surface area contributed by atoms with Gasteiger partial charge in [-0.05, 0) is 18.9 Å². The van der Waals surface area contributed by atoms with E-state index in [1.807, 2.05) is 0 Å². The van der Waals surface area contributed by atoms with Gasteiger partial charge in [-0.1, -0.05) is 13.8 Å². The second-order valence-corrected chi connectivity index (χ2v) is 4.51. The summed E-state index contributed by atoms with van der Waals surface area (Å²) >= 11 is 0. The third-order valence-corrected chi connectivity index (χ3v) is 2.95. The van der Waals surface area contributed by atoms with Crippen molar-refractivity contribution in [3.8, 4) is 0 Å². The fourth-order valence-electron chi connectivity index (χ4n) is 2.11. The van der Waals surface area contributed by atoms with E-state index < -0.39 is 4.92 Å². The number of hydrogen-bond acceptors (Lipinski definition) is 4. The van der Waals surface area contributed by atoms with E-state index in [0.29, 0.717) is 5.52 Å². The van der Waals surface area contributed by atoms with Gasteiger partial charge in [0.1, 0.15) is 0 Å². The van der Waals surface area contributed by atoms with E-state index in [1.165, 1.54) is 12.1 Å². The molecule has 0 bridgehead atoms. The molecular formula is C13H18N4O2. The monoisotopic (exact) mass is 262 g/mol. The number of nitrogens with one attached hydrogen (secondary N) is 1. The Morgan fingerprint density at radius 1 is 1.32 bits per heavy atom. The maximum Gasteiger partial charge on any atom is 0.271 e. The van der Waals surface area contributed by atoms with Gasteiger partial charge in [-0.25, -0.2) is 4.98 Å². The molecule has 1 aromatic carbocycles. The van der Waals surface area contributed by atoms with Crippen LogP contribution in [0.5, 0.6) is 0 Å². The van der Waals surface area contributed by atoms with Gasteiger partial charge in [-0.2, -0.15) is 0 Å². The Labute approximate surface area is 111 Å². The highest BCUT2D eigenvalue weighted by Gasteiger charge is 2.12. The van der Waals surface area contributed by atoms with E-state index in [9.17, 15) is 10.1 Å². The molecule has 0 unspecified atom stereocenters. The molecule has 0 aliphatic rings. The minimum absolute atomic E-state index is 0.0835. The highest BCUT2D eigenvalue weighted by Crippen LogP contribution is 2.22. The number of imidazole rings is 1. The summed E-state index contributed by atoms with van der Waals surface area (Å²) < 4.78 is 0. The number of aromatic amines is 1. The fraction of sp³-hybridized carbons (Fsp3) is 0.462. The maximum absolute atomic E-state index is 10.8. The van der Waals surface area contributed by atoms with Crippen LogP contribution in [0.3, 0.4) is 0 Å². The molecule has 0 spiro atoms. The third-order valence-electron chi connectivity index (χ3n) is 2.95. The zero-order valence-electron chi connectivity index (χ0n) is 11.2. The van der Waals surface area contributed by atoms with Crippen LogP contribution in [0.25, 0.3) is 11.0 Å². The first kappa shape index (κ1) is 13.3. The second kappa shape index (κ2) is 5.69. The van der Waals surface area contributed by atoms with Crippen molar-refractivity contribution in [2.75, 3.05) is 18.0 Å². The maximum atomic E-state index is 10.8. The molecule has 0 saturated carbocycles. The van der Waals surface area contributed by atoms with Gasteiger partial charge < -0.3 is 9.88 Å². The van der Waals surface area contributed by atoms with Crippen molar-refractivity contribution in [2.24, 2.45) is 0 Å².